The summed E-state index contributed by atoms with van der Waals surface area (Å²) in [4.78, 5) is 19.3. The summed E-state index contributed by atoms with van der Waals surface area (Å²) in [7, 11) is 0. The van der Waals surface area contributed by atoms with Gasteiger partial charge in [-0.2, -0.15) is 5.26 Å². The molecule has 0 aromatic heterocycles. The second-order valence-corrected chi connectivity index (χ2v) is 7.27. The Kier molecular flexibility index (Phi) is 6.67. The maximum absolute atomic E-state index is 12.9. The number of para-hydroxylation sites is 1. The molecule has 0 unspecified atom stereocenters. The lowest BCUT2D eigenvalue weighted by Gasteiger charge is -2.37. The van der Waals surface area contributed by atoms with Gasteiger partial charge in [-0.1, -0.05) is 30.3 Å². The van der Waals surface area contributed by atoms with Gasteiger partial charge in [0.25, 0.3) is 0 Å². The molecule has 28 heavy (non-hydrogen) atoms. The van der Waals surface area contributed by atoms with Crippen LogP contribution in [0, 0.1) is 25.2 Å². The van der Waals surface area contributed by atoms with Crippen molar-refractivity contribution in [3.63, 3.8) is 0 Å². The van der Waals surface area contributed by atoms with Crippen LogP contribution in [0.4, 0.5) is 11.4 Å². The van der Waals surface area contributed by atoms with Gasteiger partial charge in [-0.25, -0.2) is 0 Å². The lowest BCUT2D eigenvalue weighted by molar-refractivity contribution is -0.119. The third-order valence-electron chi connectivity index (χ3n) is 5.46. The van der Waals surface area contributed by atoms with Gasteiger partial charge >= 0.3 is 0 Å². The molecule has 1 saturated heterocycles. The zero-order valence-corrected chi connectivity index (χ0v) is 16.8. The quantitative estimate of drug-likeness (QED) is 0.776. The summed E-state index contributed by atoms with van der Waals surface area (Å²) in [5.74, 6) is 0.0571. The average Bonchev–Trinajstić information content (AvgIpc) is 2.72. The Balaban J connectivity index is 1.60. The van der Waals surface area contributed by atoms with Gasteiger partial charge in [-0.3, -0.25) is 9.69 Å². The molecule has 146 valence electrons. The lowest BCUT2D eigenvalue weighted by Crippen LogP contribution is -2.50. The normalized spacial score (nSPS) is 14.5. The third kappa shape index (κ3) is 4.71. The maximum atomic E-state index is 12.9. The Hall–Kier alpha value is -2.84. The molecule has 2 aromatic rings. The van der Waals surface area contributed by atoms with Crippen LogP contribution in [0.1, 0.15) is 17.5 Å². The molecule has 0 spiro atoms. The van der Waals surface area contributed by atoms with Gasteiger partial charge < -0.3 is 9.80 Å². The molecule has 5 heteroatoms. The first-order valence-electron chi connectivity index (χ1n) is 9.86. The van der Waals surface area contributed by atoms with Gasteiger partial charge in [-0.15, -0.1) is 0 Å². The first-order chi connectivity index (χ1) is 13.6. The largest absolute Gasteiger partial charge is 0.369 e. The predicted molar refractivity (Wildman–Crippen MR) is 114 cm³/mol. The van der Waals surface area contributed by atoms with Crippen molar-refractivity contribution in [1.29, 1.82) is 5.26 Å². The maximum Gasteiger partial charge on any atom is 0.241 e. The van der Waals surface area contributed by atoms with E-state index in [1.807, 2.05) is 30.3 Å². The van der Waals surface area contributed by atoms with E-state index < -0.39 is 0 Å². The predicted octanol–water partition coefficient (Wildman–Crippen LogP) is 3.37. The van der Waals surface area contributed by atoms with Gasteiger partial charge in [0, 0.05) is 44.1 Å². The summed E-state index contributed by atoms with van der Waals surface area (Å²) in [6.45, 7) is 8.70. The molecule has 1 amide bonds. The van der Waals surface area contributed by atoms with E-state index >= 15 is 0 Å². The Morgan fingerprint density at radius 3 is 2.43 bits per heavy atom. The van der Waals surface area contributed by atoms with Crippen molar-refractivity contribution in [1.82, 2.24) is 4.90 Å². The number of rotatable bonds is 6. The van der Waals surface area contributed by atoms with E-state index in [4.69, 9.17) is 5.26 Å². The summed E-state index contributed by atoms with van der Waals surface area (Å²) in [5.41, 5.74) is 4.80. The van der Waals surface area contributed by atoms with E-state index in [-0.39, 0.29) is 5.91 Å². The van der Waals surface area contributed by atoms with Crippen LogP contribution in [0.25, 0.3) is 0 Å². The first-order valence-corrected chi connectivity index (χ1v) is 9.86. The van der Waals surface area contributed by atoms with Gasteiger partial charge in [0.15, 0.2) is 0 Å². The number of carbonyl (C=O) groups excluding carboxylic acids is 1. The highest BCUT2D eigenvalue weighted by Crippen LogP contribution is 2.24. The Labute approximate surface area is 167 Å². The fourth-order valence-electron chi connectivity index (χ4n) is 3.67. The van der Waals surface area contributed by atoms with Gasteiger partial charge in [0.1, 0.15) is 0 Å². The molecule has 0 radical (unpaired) electrons. The summed E-state index contributed by atoms with van der Waals surface area (Å²) in [5, 5.41) is 8.94. The Morgan fingerprint density at radius 2 is 1.75 bits per heavy atom. The van der Waals surface area contributed by atoms with Crippen LogP contribution >= 0.6 is 0 Å². The number of benzene rings is 2. The topological polar surface area (TPSA) is 50.6 Å². The number of anilines is 2. The third-order valence-corrected chi connectivity index (χ3v) is 5.46. The molecular formula is C23H28N4O. The van der Waals surface area contributed by atoms with Crippen LogP contribution in [0.3, 0.4) is 0 Å². The summed E-state index contributed by atoms with van der Waals surface area (Å²) in [6.07, 6.45) is 0.334. The van der Waals surface area contributed by atoms with Gasteiger partial charge in [0.2, 0.25) is 5.91 Å². The second-order valence-electron chi connectivity index (χ2n) is 7.27. The van der Waals surface area contributed by atoms with E-state index in [0.29, 0.717) is 19.5 Å². The smallest absolute Gasteiger partial charge is 0.241 e. The van der Waals surface area contributed by atoms with Gasteiger partial charge in [0.05, 0.1) is 19.0 Å². The van der Waals surface area contributed by atoms with E-state index in [1.165, 1.54) is 16.8 Å². The standard InChI is InChI=1S/C23H28N4O/c1-19-8-6-11-22(20(19)2)26-16-14-25(15-17-26)18-23(28)27(13-7-12-24)21-9-4-3-5-10-21/h3-6,8-11H,7,13-18H2,1-2H3. The van der Waals surface area contributed by atoms with Crippen LogP contribution < -0.4 is 9.80 Å². The molecule has 0 saturated carbocycles. The Morgan fingerprint density at radius 1 is 1.04 bits per heavy atom. The zero-order valence-electron chi connectivity index (χ0n) is 16.8. The highest BCUT2D eigenvalue weighted by atomic mass is 16.2. The van der Waals surface area contributed by atoms with Crippen molar-refractivity contribution in [2.75, 3.05) is 49.1 Å². The highest BCUT2D eigenvalue weighted by molar-refractivity contribution is 5.94. The van der Waals surface area contributed by atoms with Crippen LogP contribution in [0.2, 0.25) is 0 Å². The monoisotopic (exact) mass is 376 g/mol. The van der Waals surface area contributed by atoms with Crippen molar-refractivity contribution in [2.45, 2.75) is 20.3 Å². The fourth-order valence-corrected chi connectivity index (χ4v) is 3.67. The van der Waals surface area contributed by atoms with Crippen LogP contribution in [0.15, 0.2) is 48.5 Å². The number of hydrogen-bond acceptors (Lipinski definition) is 4. The van der Waals surface area contributed by atoms with Crippen LogP contribution in [0.5, 0.6) is 0 Å². The van der Waals surface area contributed by atoms with Crippen molar-refractivity contribution >= 4 is 17.3 Å². The van der Waals surface area contributed by atoms with Crippen molar-refractivity contribution in [3.05, 3.63) is 59.7 Å². The molecule has 0 bridgehead atoms. The number of nitrogens with zero attached hydrogens (tertiary/aromatic N) is 4. The van der Waals surface area contributed by atoms with Crippen molar-refractivity contribution in [2.24, 2.45) is 0 Å². The minimum absolute atomic E-state index is 0.0571. The molecule has 0 atom stereocenters. The van der Waals surface area contributed by atoms with Gasteiger partial charge in [-0.05, 0) is 43.2 Å². The molecule has 1 heterocycles. The minimum atomic E-state index is 0.0571. The summed E-state index contributed by atoms with van der Waals surface area (Å²) < 4.78 is 0. The molecule has 1 aliphatic heterocycles. The van der Waals surface area contributed by atoms with Crippen LogP contribution in [-0.4, -0.2) is 50.1 Å². The number of aryl methyl sites for hydroxylation is 1. The fraction of sp³-hybridized carbons (Fsp3) is 0.391. The molecule has 5 nitrogen and oxygen atoms in total. The number of amides is 1. The summed E-state index contributed by atoms with van der Waals surface area (Å²) in [6, 6.07) is 18.2. The number of carbonyl (C=O) groups is 1. The lowest BCUT2D eigenvalue weighted by atomic mass is 10.1. The highest BCUT2D eigenvalue weighted by Gasteiger charge is 2.23. The first kappa shape index (κ1) is 19.9. The molecule has 3 rings (SSSR count). The molecule has 0 N–H and O–H groups in total. The number of piperazine rings is 1. The number of hydrogen-bond donors (Lipinski definition) is 0. The van der Waals surface area contributed by atoms with E-state index in [9.17, 15) is 4.79 Å². The second kappa shape index (κ2) is 9.38. The minimum Gasteiger partial charge on any atom is -0.369 e. The summed E-state index contributed by atoms with van der Waals surface area (Å²) >= 11 is 0. The molecular weight excluding hydrogens is 348 g/mol. The van der Waals surface area contributed by atoms with Crippen LogP contribution in [-0.2, 0) is 4.79 Å². The Bertz CT molecular complexity index is 835. The molecule has 1 aliphatic rings. The number of nitriles is 1. The molecule has 0 aliphatic carbocycles. The SMILES string of the molecule is Cc1cccc(N2CCN(CC(=O)N(CCC#N)c3ccccc3)CC2)c1C. The van der Waals surface area contributed by atoms with E-state index in [1.54, 1.807) is 4.90 Å². The van der Waals surface area contributed by atoms with E-state index in [2.05, 4.69) is 47.9 Å². The zero-order chi connectivity index (χ0) is 19.9. The molecule has 1 fully saturated rings. The van der Waals surface area contributed by atoms with Crippen molar-refractivity contribution in [3.8, 4) is 6.07 Å². The van der Waals surface area contributed by atoms with E-state index in [0.717, 1.165) is 31.9 Å². The molecule has 2 aromatic carbocycles. The van der Waals surface area contributed by atoms with Crippen molar-refractivity contribution < 1.29 is 4.79 Å². The average molecular weight is 377 g/mol.